The van der Waals surface area contributed by atoms with Gasteiger partial charge in [-0.1, -0.05) is 0 Å². The van der Waals surface area contributed by atoms with Crippen molar-refractivity contribution in [2.45, 2.75) is 6.92 Å². The van der Waals surface area contributed by atoms with Gasteiger partial charge in [0.1, 0.15) is 11.4 Å². The van der Waals surface area contributed by atoms with Crippen LogP contribution in [0, 0.1) is 12.7 Å². The number of carboxylic acid groups (broad SMARTS) is 1. The van der Waals surface area contributed by atoms with Gasteiger partial charge in [0.2, 0.25) is 5.95 Å². The highest BCUT2D eigenvalue weighted by Gasteiger charge is 2.21. The summed E-state index contributed by atoms with van der Waals surface area (Å²) in [6.07, 6.45) is 1.33. The molecule has 0 spiro atoms. The van der Waals surface area contributed by atoms with E-state index in [1.165, 1.54) is 18.3 Å². The van der Waals surface area contributed by atoms with Gasteiger partial charge >= 0.3 is 5.97 Å². The topological polar surface area (TPSA) is 69.6 Å². The number of aryl methyl sites for hydroxylation is 1. The highest BCUT2D eigenvalue weighted by molar-refractivity contribution is 5.95. The molecule has 7 heteroatoms. The summed E-state index contributed by atoms with van der Waals surface area (Å²) < 4.78 is 13.4. The van der Waals surface area contributed by atoms with Crippen molar-refractivity contribution in [2.24, 2.45) is 0 Å². The first kappa shape index (κ1) is 16.3. The minimum absolute atomic E-state index is 0.0163. The maximum absolute atomic E-state index is 13.4. The molecule has 2 aromatic rings. The molecule has 1 aliphatic heterocycles. The Kier molecular flexibility index (Phi) is 4.44. The second-order valence-electron chi connectivity index (χ2n) is 5.99. The van der Waals surface area contributed by atoms with Gasteiger partial charge in [-0.2, -0.15) is 0 Å². The zero-order valence-electron chi connectivity index (χ0n) is 13.7. The van der Waals surface area contributed by atoms with Crippen molar-refractivity contribution >= 4 is 11.9 Å². The number of aromatic carboxylic acids is 1. The fourth-order valence-electron chi connectivity index (χ4n) is 2.79. The normalized spacial score (nSPS) is 15.5. The molecule has 1 aromatic heterocycles. The number of hydrogen-bond donors (Lipinski definition) is 1. The van der Waals surface area contributed by atoms with Crippen LogP contribution in [0.25, 0.3) is 11.3 Å². The number of carbonyl (C=O) groups is 1. The van der Waals surface area contributed by atoms with Crippen LogP contribution in [0.3, 0.4) is 0 Å². The standard InChI is InChI=1S/C17H19FN4O2/c1-11-9-12(18)3-4-13(11)15-14(16(23)24)10-19-17(20-15)22-7-5-21(2)6-8-22/h3-4,9-10H,5-8H2,1-2H3,(H,23,24). The fourth-order valence-corrected chi connectivity index (χ4v) is 2.79. The predicted molar refractivity (Wildman–Crippen MR) is 88.8 cm³/mol. The van der Waals surface area contributed by atoms with Crippen molar-refractivity contribution in [1.82, 2.24) is 14.9 Å². The maximum atomic E-state index is 13.4. The number of carboxylic acids is 1. The summed E-state index contributed by atoms with van der Waals surface area (Å²) in [7, 11) is 2.05. The quantitative estimate of drug-likeness (QED) is 0.929. The smallest absolute Gasteiger partial charge is 0.339 e. The largest absolute Gasteiger partial charge is 0.478 e. The molecule has 1 saturated heterocycles. The third-order valence-electron chi connectivity index (χ3n) is 4.24. The van der Waals surface area contributed by atoms with Crippen molar-refractivity contribution in [3.8, 4) is 11.3 Å². The average Bonchev–Trinajstić information content (AvgIpc) is 2.55. The molecule has 0 bridgehead atoms. The second kappa shape index (κ2) is 6.52. The van der Waals surface area contributed by atoms with Gasteiger partial charge in [-0.3, -0.25) is 0 Å². The lowest BCUT2D eigenvalue weighted by Gasteiger charge is -2.32. The number of piperazine rings is 1. The van der Waals surface area contributed by atoms with Crippen LogP contribution >= 0.6 is 0 Å². The van der Waals surface area contributed by atoms with Crippen LogP contribution < -0.4 is 4.90 Å². The number of hydrogen-bond acceptors (Lipinski definition) is 5. The molecule has 6 nitrogen and oxygen atoms in total. The Hall–Kier alpha value is -2.54. The van der Waals surface area contributed by atoms with E-state index in [2.05, 4.69) is 21.9 Å². The van der Waals surface area contributed by atoms with Gasteiger partial charge in [0, 0.05) is 37.9 Å². The Morgan fingerprint density at radius 1 is 1.25 bits per heavy atom. The number of likely N-dealkylation sites (N-methyl/N-ethyl adjacent to an activating group) is 1. The summed E-state index contributed by atoms with van der Waals surface area (Å²) in [6, 6.07) is 4.25. The van der Waals surface area contributed by atoms with Gasteiger partial charge in [-0.15, -0.1) is 0 Å². The molecule has 0 saturated carbocycles. The molecule has 0 atom stereocenters. The van der Waals surface area contributed by atoms with E-state index in [4.69, 9.17) is 0 Å². The van der Waals surface area contributed by atoms with E-state index in [9.17, 15) is 14.3 Å². The van der Waals surface area contributed by atoms with E-state index in [1.54, 1.807) is 13.0 Å². The molecule has 0 radical (unpaired) electrons. The zero-order chi connectivity index (χ0) is 17.3. The monoisotopic (exact) mass is 330 g/mol. The Morgan fingerprint density at radius 2 is 1.96 bits per heavy atom. The molecule has 2 heterocycles. The lowest BCUT2D eigenvalue weighted by molar-refractivity contribution is 0.0697. The molecule has 3 rings (SSSR count). The summed E-state index contributed by atoms with van der Waals surface area (Å²) in [5.41, 5.74) is 1.58. The van der Waals surface area contributed by atoms with E-state index >= 15 is 0 Å². The van der Waals surface area contributed by atoms with Gasteiger partial charge in [-0.05, 0) is 37.7 Å². The molecule has 0 aliphatic carbocycles. The third-order valence-corrected chi connectivity index (χ3v) is 4.24. The average molecular weight is 330 g/mol. The van der Waals surface area contributed by atoms with E-state index in [1.807, 2.05) is 4.90 Å². The molecule has 0 unspecified atom stereocenters. The van der Waals surface area contributed by atoms with E-state index < -0.39 is 5.97 Å². The number of aromatic nitrogens is 2. The molecular formula is C17H19FN4O2. The van der Waals surface area contributed by atoms with Crippen LogP contribution in [0.2, 0.25) is 0 Å². The fraction of sp³-hybridized carbons (Fsp3) is 0.353. The minimum atomic E-state index is -1.10. The van der Waals surface area contributed by atoms with Gasteiger partial charge < -0.3 is 14.9 Å². The summed E-state index contributed by atoms with van der Waals surface area (Å²) in [6.45, 7) is 5.10. The van der Waals surface area contributed by atoms with Crippen LogP contribution in [0.5, 0.6) is 0 Å². The molecule has 1 fully saturated rings. The first-order chi connectivity index (χ1) is 11.5. The highest BCUT2D eigenvalue weighted by atomic mass is 19.1. The number of nitrogens with zero attached hydrogens (tertiary/aromatic N) is 4. The molecule has 1 N–H and O–H groups in total. The molecule has 1 aromatic carbocycles. The van der Waals surface area contributed by atoms with Crippen molar-refractivity contribution in [3.63, 3.8) is 0 Å². The Morgan fingerprint density at radius 3 is 2.58 bits per heavy atom. The van der Waals surface area contributed by atoms with Gasteiger partial charge in [-0.25, -0.2) is 19.2 Å². The summed E-state index contributed by atoms with van der Waals surface area (Å²) in [5.74, 6) is -0.952. The highest BCUT2D eigenvalue weighted by Crippen LogP contribution is 2.27. The molecule has 1 aliphatic rings. The van der Waals surface area contributed by atoms with Crippen LogP contribution in [-0.2, 0) is 0 Å². The Labute approximate surface area is 139 Å². The zero-order valence-corrected chi connectivity index (χ0v) is 13.7. The van der Waals surface area contributed by atoms with Crippen LogP contribution in [0.4, 0.5) is 10.3 Å². The predicted octanol–water partition coefficient (Wildman–Crippen LogP) is 2.04. The number of rotatable bonds is 3. The van der Waals surface area contributed by atoms with E-state index in [0.29, 0.717) is 22.8 Å². The third kappa shape index (κ3) is 3.21. The van der Waals surface area contributed by atoms with Gasteiger partial charge in [0.15, 0.2) is 0 Å². The van der Waals surface area contributed by atoms with Crippen LogP contribution in [0.1, 0.15) is 15.9 Å². The first-order valence-corrected chi connectivity index (χ1v) is 7.76. The van der Waals surface area contributed by atoms with Crippen molar-refractivity contribution in [3.05, 3.63) is 41.3 Å². The van der Waals surface area contributed by atoms with Gasteiger partial charge in [0.25, 0.3) is 0 Å². The van der Waals surface area contributed by atoms with Gasteiger partial charge in [0.05, 0.1) is 5.69 Å². The first-order valence-electron chi connectivity index (χ1n) is 7.76. The number of halogens is 1. The maximum Gasteiger partial charge on any atom is 0.339 e. The summed E-state index contributed by atoms with van der Waals surface area (Å²) in [5, 5.41) is 9.43. The molecular weight excluding hydrogens is 311 g/mol. The molecule has 126 valence electrons. The van der Waals surface area contributed by atoms with E-state index in [0.717, 1.165) is 26.2 Å². The summed E-state index contributed by atoms with van der Waals surface area (Å²) >= 11 is 0. The lowest BCUT2D eigenvalue weighted by Crippen LogP contribution is -2.45. The summed E-state index contributed by atoms with van der Waals surface area (Å²) in [4.78, 5) is 24.5. The Balaban J connectivity index is 2.05. The van der Waals surface area contributed by atoms with Crippen molar-refractivity contribution in [2.75, 3.05) is 38.1 Å². The number of anilines is 1. The molecule has 0 amide bonds. The Bertz CT molecular complexity index is 773. The van der Waals surface area contributed by atoms with Crippen molar-refractivity contribution < 1.29 is 14.3 Å². The van der Waals surface area contributed by atoms with Crippen molar-refractivity contribution in [1.29, 1.82) is 0 Å². The minimum Gasteiger partial charge on any atom is -0.478 e. The lowest BCUT2D eigenvalue weighted by atomic mass is 10.0. The number of benzene rings is 1. The second-order valence-corrected chi connectivity index (χ2v) is 5.99. The molecule has 24 heavy (non-hydrogen) atoms. The van der Waals surface area contributed by atoms with Crippen LogP contribution in [0.15, 0.2) is 24.4 Å². The SMILES string of the molecule is Cc1cc(F)ccc1-c1nc(N2CCN(C)CC2)ncc1C(=O)O. The van der Waals surface area contributed by atoms with Crippen LogP contribution in [-0.4, -0.2) is 59.2 Å². The van der Waals surface area contributed by atoms with E-state index in [-0.39, 0.29) is 11.4 Å².